The van der Waals surface area contributed by atoms with Crippen LogP contribution in [0.5, 0.6) is 0 Å². The molecule has 0 spiro atoms. The minimum Gasteiger partial charge on any atom is -0.356 e. The summed E-state index contributed by atoms with van der Waals surface area (Å²) in [5.41, 5.74) is 2.71. The molecule has 0 atom stereocenters. The quantitative estimate of drug-likeness (QED) is 0.542. The summed E-state index contributed by atoms with van der Waals surface area (Å²) in [5.74, 6) is 0.674. The van der Waals surface area contributed by atoms with Crippen molar-refractivity contribution < 1.29 is 13.2 Å². The number of benzene rings is 2. The van der Waals surface area contributed by atoms with Crippen LogP contribution in [-0.2, 0) is 21.2 Å². The van der Waals surface area contributed by atoms with E-state index < -0.39 is 10.0 Å². The topological polar surface area (TPSA) is 69.7 Å². The van der Waals surface area contributed by atoms with Gasteiger partial charge in [-0.05, 0) is 100 Å². The maximum Gasteiger partial charge on any atom is 0.264 e. The van der Waals surface area contributed by atoms with E-state index in [2.05, 4.69) is 17.3 Å². The molecule has 0 saturated carbocycles. The summed E-state index contributed by atoms with van der Waals surface area (Å²) >= 11 is 6.17. The molecule has 1 heterocycles. The molecule has 1 aliphatic heterocycles. The van der Waals surface area contributed by atoms with E-state index in [1.807, 2.05) is 18.2 Å². The fourth-order valence-corrected chi connectivity index (χ4v) is 6.18. The van der Waals surface area contributed by atoms with Gasteiger partial charge in [0.2, 0.25) is 5.91 Å². The Bertz CT molecular complexity index is 1110. The third kappa shape index (κ3) is 6.52. The number of halogens is 1. The van der Waals surface area contributed by atoms with Gasteiger partial charge < -0.3 is 10.2 Å². The zero-order valence-electron chi connectivity index (χ0n) is 20.6. The second kappa shape index (κ2) is 11.6. The molecule has 1 amide bonds. The molecule has 0 bridgehead atoms. The third-order valence-corrected chi connectivity index (χ3v) is 9.08. The van der Waals surface area contributed by atoms with Gasteiger partial charge in [-0.3, -0.25) is 9.10 Å². The molecule has 3 rings (SSSR count). The average Bonchev–Trinajstić information content (AvgIpc) is 2.81. The largest absolute Gasteiger partial charge is 0.356 e. The molecule has 1 N–H and O–H groups in total. The van der Waals surface area contributed by atoms with Gasteiger partial charge in [0.25, 0.3) is 10.0 Å². The van der Waals surface area contributed by atoms with E-state index >= 15 is 0 Å². The summed E-state index contributed by atoms with van der Waals surface area (Å²) in [5, 5.41) is 3.58. The Labute approximate surface area is 209 Å². The maximum absolute atomic E-state index is 13.4. The van der Waals surface area contributed by atoms with Crippen molar-refractivity contribution in [3.05, 3.63) is 58.1 Å². The fraction of sp³-hybridized carbons (Fsp3) is 0.500. The van der Waals surface area contributed by atoms with Gasteiger partial charge >= 0.3 is 0 Å². The van der Waals surface area contributed by atoms with Crippen molar-refractivity contribution in [3.63, 3.8) is 0 Å². The average molecular weight is 506 g/mol. The highest BCUT2D eigenvalue weighted by Crippen LogP contribution is 2.30. The predicted molar refractivity (Wildman–Crippen MR) is 139 cm³/mol. The molecule has 0 aromatic heterocycles. The molecule has 186 valence electrons. The Balaban J connectivity index is 1.63. The lowest BCUT2D eigenvalue weighted by atomic mass is 9.94. The number of anilines is 1. The van der Waals surface area contributed by atoms with Gasteiger partial charge in [0, 0.05) is 25.0 Å². The summed E-state index contributed by atoms with van der Waals surface area (Å²) in [6.45, 7) is 6.48. The van der Waals surface area contributed by atoms with Crippen molar-refractivity contribution in [3.8, 4) is 0 Å². The highest BCUT2D eigenvalue weighted by atomic mass is 35.5. The minimum atomic E-state index is -3.78. The number of hydrogen-bond acceptors (Lipinski definition) is 4. The number of aryl methyl sites for hydroxylation is 3. The Morgan fingerprint density at radius 3 is 2.53 bits per heavy atom. The van der Waals surface area contributed by atoms with Crippen molar-refractivity contribution in [2.24, 2.45) is 5.92 Å². The number of rotatable bonds is 9. The van der Waals surface area contributed by atoms with Crippen molar-refractivity contribution in [1.82, 2.24) is 10.2 Å². The van der Waals surface area contributed by atoms with Gasteiger partial charge in [0.05, 0.1) is 10.6 Å². The second-order valence-corrected chi connectivity index (χ2v) is 11.7. The van der Waals surface area contributed by atoms with Crippen molar-refractivity contribution in [1.29, 1.82) is 0 Å². The Hall–Kier alpha value is -2.09. The van der Waals surface area contributed by atoms with Crippen LogP contribution in [0.3, 0.4) is 0 Å². The lowest BCUT2D eigenvalue weighted by Crippen LogP contribution is -2.32. The number of sulfonamides is 1. The summed E-state index contributed by atoms with van der Waals surface area (Å²) in [7, 11) is -0.0791. The van der Waals surface area contributed by atoms with Crippen molar-refractivity contribution >= 4 is 33.2 Å². The summed E-state index contributed by atoms with van der Waals surface area (Å²) in [4.78, 5) is 15.0. The molecule has 8 heteroatoms. The highest BCUT2D eigenvalue weighted by molar-refractivity contribution is 7.92. The molecular weight excluding hydrogens is 470 g/mol. The van der Waals surface area contributed by atoms with E-state index in [-0.39, 0.29) is 10.8 Å². The molecule has 0 unspecified atom stereocenters. The Morgan fingerprint density at radius 2 is 1.82 bits per heavy atom. The normalized spacial score (nSPS) is 15.3. The van der Waals surface area contributed by atoms with E-state index in [4.69, 9.17) is 11.6 Å². The number of amides is 1. The maximum atomic E-state index is 13.4. The number of carbonyl (C=O) groups excluding carboxylic acids is 1. The van der Waals surface area contributed by atoms with E-state index in [0.717, 1.165) is 25.1 Å². The summed E-state index contributed by atoms with van der Waals surface area (Å²) in [6, 6.07) is 10.6. The third-order valence-electron chi connectivity index (χ3n) is 6.76. The van der Waals surface area contributed by atoms with Crippen LogP contribution in [0.15, 0.2) is 41.3 Å². The number of piperidine rings is 1. The van der Waals surface area contributed by atoms with Crippen molar-refractivity contribution in [2.75, 3.05) is 38.0 Å². The number of carbonyl (C=O) groups is 1. The standard InChI is InChI=1S/C26H36ClN3O3S/c1-19-18-25(20(2)17-23(19)27)34(32,33)30(4)24-8-6-5-7-22(24)9-10-26(31)28-14-11-21-12-15-29(3)16-13-21/h5-8,17-18,21H,9-16H2,1-4H3,(H,28,31). The van der Waals surface area contributed by atoms with Crippen LogP contribution in [0.2, 0.25) is 5.02 Å². The van der Waals surface area contributed by atoms with Gasteiger partial charge in [-0.2, -0.15) is 0 Å². The second-order valence-electron chi connectivity index (χ2n) is 9.35. The molecule has 2 aromatic rings. The van der Waals surface area contributed by atoms with Crippen LogP contribution in [0.25, 0.3) is 0 Å². The molecule has 1 aliphatic rings. The SMILES string of the molecule is Cc1cc(S(=O)(=O)N(C)c2ccccc2CCC(=O)NCCC2CCN(C)CC2)c(C)cc1Cl. The zero-order chi connectivity index (χ0) is 24.9. The van der Waals surface area contributed by atoms with Gasteiger partial charge in [-0.15, -0.1) is 0 Å². The lowest BCUT2D eigenvalue weighted by molar-refractivity contribution is -0.121. The summed E-state index contributed by atoms with van der Waals surface area (Å²) in [6.07, 6.45) is 4.17. The first kappa shape index (κ1) is 26.5. The molecule has 1 saturated heterocycles. The van der Waals surface area contributed by atoms with Gasteiger partial charge in [0.15, 0.2) is 0 Å². The zero-order valence-corrected chi connectivity index (χ0v) is 22.2. The number of nitrogens with one attached hydrogen (secondary N) is 1. The lowest BCUT2D eigenvalue weighted by Gasteiger charge is -2.28. The summed E-state index contributed by atoms with van der Waals surface area (Å²) < 4.78 is 28.1. The smallest absolute Gasteiger partial charge is 0.264 e. The minimum absolute atomic E-state index is 0.00240. The Morgan fingerprint density at radius 1 is 1.15 bits per heavy atom. The van der Waals surface area contributed by atoms with E-state index in [9.17, 15) is 13.2 Å². The van der Waals surface area contributed by atoms with Gasteiger partial charge in [-0.1, -0.05) is 29.8 Å². The van der Waals surface area contributed by atoms with Crippen LogP contribution < -0.4 is 9.62 Å². The number of hydrogen-bond donors (Lipinski definition) is 1. The first-order valence-electron chi connectivity index (χ1n) is 11.9. The Kier molecular flexibility index (Phi) is 9.01. The first-order valence-corrected chi connectivity index (χ1v) is 13.7. The van der Waals surface area contributed by atoms with Crippen molar-refractivity contribution in [2.45, 2.75) is 50.8 Å². The van der Waals surface area contributed by atoms with E-state index in [1.165, 1.54) is 17.1 Å². The predicted octanol–water partition coefficient (Wildman–Crippen LogP) is 4.56. The van der Waals surface area contributed by atoms with Crippen LogP contribution in [0.4, 0.5) is 5.69 Å². The molecular formula is C26H36ClN3O3S. The molecule has 0 aliphatic carbocycles. The highest BCUT2D eigenvalue weighted by Gasteiger charge is 2.26. The fourth-order valence-electron chi connectivity index (χ4n) is 4.44. The number of likely N-dealkylation sites (tertiary alicyclic amines) is 1. The molecule has 0 radical (unpaired) electrons. The molecule has 6 nitrogen and oxygen atoms in total. The monoisotopic (exact) mass is 505 g/mol. The number of para-hydroxylation sites is 1. The van der Waals surface area contributed by atoms with E-state index in [1.54, 1.807) is 39.1 Å². The van der Waals surface area contributed by atoms with E-state index in [0.29, 0.717) is 47.1 Å². The van der Waals surface area contributed by atoms with Gasteiger partial charge in [-0.25, -0.2) is 8.42 Å². The van der Waals surface area contributed by atoms with Gasteiger partial charge in [0.1, 0.15) is 0 Å². The molecule has 1 fully saturated rings. The van der Waals surface area contributed by atoms with Crippen LogP contribution >= 0.6 is 11.6 Å². The number of nitrogens with zero attached hydrogens (tertiary/aromatic N) is 2. The van der Waals surface area contributed by atoms with Crippen LogP contribution in [0, 0.1) is 19.8 Å². The first-order chi connectivity index (χ1) is 16.1. The van der Waals surface area contributed by atoms with Crippen LogP contribution in [-0.4, -0.2) is 53.0 Å². The molecule has 2 aromatic carbocycles. The van der Waals surface area contributed by atoms with Crippen LogP contribution in [0.1, 0.15) is 42.4 Å². The molecule has 34 heavy (non-hydrogen) atoms.